The normalized spacial score (nSPS) is 15.8. The molecule has 1 fully saturated rings. The number of amides is 2. The molecule has 1 aromatic rings. The fraction of sp³-hybridized carbons (Fsp3) is 0.385. The molecule has 0 spiro atoms. The first-order chi connectivity index (χ1) is 8.56. The molecule has 0 saturated heterocycles. The Bertz CT molecular complexity index is 452. The summed E-state index contributed by atoms with van der Waals surface area (Å²) in [6.45, 7) is 1.96. The molecule has 18 heavy (non-hydrogen) atoms. The van der Waals surface area contributed by atoms with Gasteiger partial charge in [-0.3, -0.25) is 0 Å². The summed E-state index contributed by atoms with van der Waals surface area (Å²) in [6.07, 6.45) is 1.73. The Balaban J connectivity index is 1.91. The zero-order valence-corrected chi connectivity index (χ0v) is 10.1. The number of hydrogen-bond acceptors (Lipinski definition) is 2. The second kappa shape index (κ2) is 5.08. The summed E-state index contributed by atoms with van der Waals surface area (Å²) >= 11 is 0. The highest BCUT2D eigenvalue weighted by Gasteiger charge is 2.37. The third-order valence-corrected chi connectivity index (χ3v) is 2.96. The number of carboxylic acid groups (broad SMARTS) is 1. The Kier molecular flexibility index (Phi) is 3.50. The molecule has 1 saturated carbocycles. The summed E-state index contributed by atoms with van der Waals surface area (Å²) in [5.41, 5.74) is 1.75. The Morgan fingerprint density at radius 1 is 1.28 bits per heavy atom. The van der Waals surface area contributed by atoms with Crippen LogP contribution in [0, 0.1) is 12.8 Å². The first kappa shape index (κ1) is 12.4. The molecular formula is C13H16N2O3. The number of benzene rings is 1. The summed E-state index contributed by atoms with van der Waals surface area (Å²) in [6, 6.07) is 6.06. The number of rotatable bonds is 4. The van der Waals surface area contributed by atoms with Crippen molar-refractivity contribution >= 4 is 17.7 Å². The lowest BCUT2D eigenvalue weighted by Crippen LogP contribution is -2.44. The van der Waals surface area contributed by atoms with Gasteiger partial charge in [0.05, 0.1) is 0 Å². The molecule has 0 heterocycles. The minimum Gasteiger partial charge on any atom is -0.480 e. The van der Waals surface area contributed by atoms with Crippen molar-refractivity contribution in [3.8, 4) is 0 Å². The molecule has 5 nitrogen and oxygen atoms in total. The second-order valence-electron chi connectivity index (χ2n) is 4.62. The maximum atomic E-state index is 11.7. The molecule has 2 amide bonds. The summed E-state index contributed by atoms with van der Waals surface area (Å²) in [5.74, 6) is -0.900. The van der Waals surface area contributed by atoms with Crippen LogP contribution < -0.4 is 10.6 Å². The minimum absolute atomic E-state index is 0.0752. The van der Waals surface area contributed by atoms with E-state index in [1.807, 2.05) is 19.1 Å². The van der Waals surface area contributed by atoms with Crippen LogP contribution >= 0.6 is 0 Å². The van der Waals surface area contributed by atoms with Crippen molar-refractivity contribution in [3.63, 3.8) is 0 Å². The molecule has 0 bridgehead atoms. The predicted molar refractivity (Wildman–Crippen MR) is 67.5 cm³/mol. The maximum absolute atomic E-state index is 11.7. The summed E-state index contributed by atoms with van der Waals surface area (Å²) in [4.78, 5) is 22.6. The highest BCUT2D eigenvalue weighted by atomic mass is 16.4. The smallest absolute Gasteiger partial charge is 0.326 e. The molecule has 1 atom stereocenters. The van der Waals surface area contributed by atoms with E-state index in [1.54, 1.807) is 12.1 Å². The first-order valence-electron chi connectivity index (χ1n) is 5.93. The fourth-order valence-electron chi connectivity index (χ4n) is 1.76. The highest BCUT2D eigenvalue weighted by molar-refractivity contribution is 5.92. The van der Waals surface area contributed by atoms with Crippen LogP contribution in [0.3, 0.4) is 0 Å². The van der Waals surface area contributed by atoms with Crippen LogP contribution in [0.1, 0.15) is 18.4 Å². The molecule has 96 valence electrons. The molecule has 3 N–H and O–H groups in total. The van der Waals surface area contributed by atoms with Crippen molar-refractivity contribution in [3.05, 3.63) is 29.8 Å². The fourth-order valence-corrected chi connectivity index (χ4v) is 1.76. The molecule has 0 aliphatic heterocycles. The number of anilines is 1. The van der Waals surface area contributed by atoms with E-state index in [2.05, 4.69) is 10.6 Å². The van der Waals surface area contributed by atoms with Crippen molar-refractivity contribution in [2.75, 3.05) is 5.32 Å². The molecule has 1 unspecified atom stereocenters. The number of carboxylic acids is 1. The van der Waals surface area contributed by atoms with Crippen molar-refractivity contribution in [1.29, 1.82) is 0 Å². The van der Waals surface area contributed by atoms with Crippen LogP contribution in [0.4, 0.5) is 10.5 Å². The minimum atomic E-state index is -0.975. The van der Waals surface area contributed by atoms with E-state index in [1.165, 1.54) is 0 Å². The molecular weight excluding hydrogens is 232 g/mol. The van der Waals surface area contributed by atoms with Crippen molar-refractivity contribution < 1.29 is 14.7 Å². The van der Waals surface area contributed by atoms with Gasteiger partial charge in [0.25, 0.3) is 0 Å². The van der Waals surface area contributed by atoms with Crippen LogP contribution in [0.5, 0.6) is 0 Å². The highest BCUT2D eigenvalue weighted by Crippen LogP contribution is 2.32. The van der Waals surface area contributed by atoms with Crippen LogP contribution in [0.15, 0.2) is 24.3 Å². The molecule has 1 aliphatic carbocycles. The van der Waals surface area contributed by atoms with Gasteiger partial charge < -0.3 is 15.7 Å². The number of nitrogens with one attached hydrogen (secondary N) is 2. The van der Waals surface area contributed by atoms with Gasteiger partial charge in [-0.1, -0.05) is 17.7 Å². The van der Waals surface area contributed by atoms with Crippen LogP contribution in [0.25, 0.3) is 0 Å². The predicted octanol–water partition coefficient (Wildman–Crippen LogP) is 1.98. The largest absolute Gasteiger partial charge is 0.480 e. The van der Waals surface area contributed by atoms with Gasteiger partial charge in [-0.2, -0.15) is 0 Å². The van der Waals surface area contributed by atoms with E-state index in [4.69, 9.17) is 5.11 Å². The van der Waals surface area contributed by atoms with Crippen LogP contribution in [-0.2, 0) is 4.79 Å². The molecule has 0 radical (unpaired) electrons. The zero-order valence-electron chi connectivity index (χ0n) is 10.1. The average molecular weight is 248 g/mol. The number of hydrogen-bond donors (Lipinski definition) is 3. The number of urea groups is 1. The second-order valence-corrected chi connectivity index (χ2v) is 4.62. The lowest BCUT2D eigenvalue weighted by atomic mass is 10.2. The maximum Gasteiger partial charge on any atom is 0.326 e. The van der Waals surface area contributed by atoms with E-state index >= 15 is 0 Å². The van der Waals surface area contributed by atoms with Gasteiger partial charge in [0.1, 0.15) is 6.04 Å². The average Bonchev–Trinajstić information content (AvgIpc) is 3.13. The number of carbonyl (C=O) groups excluding carboxylic acids is 1. The SMILES string of the molecule is Cc1ccc(NC(=O)NC(C(=O)O)C2CC2)cc1. The zero-order chi connectivity index (χ0) is 13.1. The third-order valence-electron chi connectivity index (χ3n) is 2.96. The molecule has 0 aromatic heterocycles. The number of carbonyl (C=O) groups is 2. The molecule has 5 heteroatoms. The Labute approximate surface area is 105 Å². The van der Waals surface area contributed by atoms with Crippen molar-refractivity contribution in [2.24, 2.45) is 5.92 Å². The van der Waals surface area contributed by atoms with Crippen LogP contribution in [0.2, 0.25) is 0 Å². The number of aliphatic carboxylic acids is 1. The van der Waals surface area contributed by atoms with E-state index < -0.39 is 18.0 Å². The standard InChI is InChI=1S/C13H16N2O3/c1-8-2-6-10(7-3-8)14-13(18)15-11(12(16)17)9-4-5-9/h2-3,6-7,9,11H,4-5H2,1H3,(H,16,17)(H2,14,15,18). The van der Waals surface area contributed by atoms with Gasteiger partial charge in [-0.25, -0.2) is 9.59 Å². The van der Waals surface area contributed by atoms with Crippen molar-refractivity contribution in [2.45, 2.75) is 25.8 Å². The lowest BCUT2D eigenvalue weighted by Gasteiger charge is -2.14. The lowest BCUT2D eigenvalue weighted by molar-refractivity contribution is -0.139. The first-order valence-corrected chi connectivity index (χ1v) is 5.93. The third kappa shape index (κ3) is 3.23. The number of aryl methyl sites for hydroxylation is 1. The van der Waals surface area contributed by atoms with Gasteiger partial charge in [0.15, 0.2) is 0 Å². The molecule has 1 aromatic carbocycles. The summed E-state index contributed by atoms with van der Waals surface area (Å²) in [5, 5.41) is 14.1. The quantitative estimate of drug-likeness (QED) is 0.762. The van der Waals surface area contributed by atoms with Gasteiger partial charge in [0.2, 0.25) is 0 Å². The van der Waals surface area contributed by atoms with E-state index in [9.17, 15) is 9.59 Å². The van der Waals surface area contributed by atoms with Crippen molar-refractivity contribution in [1.82, 2.24) is 5.32 Å². The van der Waals surface area contributed by atoms with Gasteiger partial charge in [0, 0.05) is 5.69 Å². The van der Waals surface area contributed by atoms with E-state index in [0.29, 0.717) is 5.69 Å². The topological polar surface area (TPSA) is 78.4 Å². The Morgan fingerprint density at radius 2 is 1.89 bits per heavy atom. The Morgan fingerprint density at radius 3 is 2.39 bits per heavy atom. The summed E-state index contributed by atoms with van der Waals surface area (Å²) < 4.78 is 0. The van der Waals surface area contributed by atoms with E-state index in [-0.39, 0.29) is 5.92 Å². The molecule has 2 rings (SSSR count). The van der Waals surface area contributed by atoms with Crippen LogP contribution in [-0.4, -0.2) is 23.1 Å². The Hall–Kier alpha value is -2.04. The van der Waals surface area contributed by atoms with Gasteiger partial charge in [-0.05, 0) is 37.8 Å². The monoisotopic (exact) mass is 248 g/mol. The van der Waals surface area contributed by atoms with E-state index in [0.717, 1.165) is 18.4 Å². The van der Waals surface area contributed by atoms with Gasteiger partial charge >= 0.3 is 12.0 Å². The summed E-state index contributed by atoms with van der Waals surface area (Å²) in [7, 11) is 0. The molecule has 1 aliphatic rings. The van der Waals surface area contributed by atoms with Gasteiger partial charge in [-0.15, -0.1) is 0 Å².